The molecule has 2 amide bonds. The number of halogens is 1. The summed E-state index contributed by atoms with van der Waals surface area (Å²) in [6, 6.07) is 6.52. The quantitative estimate of drug-likeness (QED) is 0.394. The Labute approximate surface area is 200 Å². The van der Waals surface area contributed by atoms with Crippen LogP contribution in [0.1, 0.15) is 38.6 Å². The summed E-state index contributed by atoms with van der Waals surface area (Å²) in [5.74, 6) is -1.46. The Morgan fingerprint density at radius 2 is 1.82 bits per heavy atom. The van der Waals surface area contributed by atoms with Crippen molar-refractivity contribution >= 4 is 40.0 Å². The summed E-state index contributed by atoms with van der Waals surface area (Å²) >= 11 is 1.07. The monoisotopic (exact) mass is 484 g/mol. The van der Waals surface area contributed by atoms with Crippen LogP contribution < -0.4 is 4.74 Å². The minimum atomic E-state index is -0.690. The van der Waals surface area contributed by atoms with Gasteiger partial charge < -0.3 is 14.5 Å². The zero-order valence-corrected chi connectivity index (χ0v) is 20.0. The number of methoxy groups -OCH3 is 1. The Balaban J connectivity index is 1.52. The van der Waals surface area contributed by atoms with Crippen LogP contribution in [0, 0.1) is 11.7 Å². The molecule has 0 bridgehead atoms. The Morgan fingerprint density at radius 1 is 1.15 bits per heavy atom. The van der Waals surface area contributed by atoms with Gasteiger partial charge in [0.1, 0.15) is 21.7 Å². The summed E-state index contributed by atoms with van der Waals surface area (Å²) in [6.45, 7) is 1.09. The molecule has 178 valence electrons. The Bertz CT molecular complexity index is 1230. The highest BCUT2D eigenvalue weighted by Crippen LogP contribution is 2.29. The van der Waals surface area contributed by atoms with Gasteiger partial charge in [0.2, 0.25) is 5.88 Å². The minimum absolute atomic E-state index is 0.0248. The van der Waals surface area contributed by atoms with Crippen molar-refractivity contribution in [3.63, 3.8) is 0 Å². The number of likely N-dealkylation sites (N-methyl/N-ethyl adjacent to an activating group) is 1. The average Bonchev–Trinajstić information content (AvgIpc) is 3.26. The number of ketones is 1. The molecule has 1 saturated heterocycles. The number of hydrogen-bond donors (Lipinski definition) is 0. The number of nitrogens with zero attached hydrogens (tertiary/aromatic N) is 4. The zero-order valence-electron chi connectivity index (χ0n) is 19.2. The number of Topliss-reactive ketones (excluding diaryl/α,β-unsaturated/α-hetero) is 1. The molecule has 3 heterocycles. The Kier molecular flexibility index (Phi) is 6.87. The fourth-order valence-electron chi connectivity index (χ4n) is 4.04. The van der Waals surface area contributed by atoms with Gasteiger partial charge in [-0.15, -0.1) is 11.3 Å². The van der Waals surface area contributed by atoms with E-state index in [1.54, 1.807) is 22.4 Å². The van der Waals surface area contributed by atoms with Gasteiger partial charge in [-0.25, -0.2) is 14.4 Å². The molecule has 0 saturated carbocycles. The lowest BCUT2D eigenvalue weighted by molar-refractivity contribution is -0.124. The first-order valence-electron chi connectivity index (χ1n) is 10.9. The van der Waals surface area contributed by atoms with E-state index in [0.717, 1.165) is 36.2 Å². The lowest BCUT2D eigenvalue weighted by Crippen LogP contribution is -2.39. The van der Waals surface area contributed by atoms with Crippen molar-refractivity contribution in [2.75, 3.05) is 34.3 Å². The first-order chi connectivity index (χ1) is 16.3. The normalized spacial score (nSPS) is 14.3. The fraction of sp³-hybridized carbons (Fsp3) is 0.375. The molecule has 10 heteroatoms. The molecular formula is C24H25FN4O4S. The lowest BCUT2D eigenvalue weighted by Gasteiger charge is -2.32. The molecule has 2 aromatic heterocycles. The molecule has 1 fully saturated rings. The van der Waals surface area contributed by atoms with Gasteiger partial charge in [0.25, 0.3) is 17.6 Å². The molecule has 8 nitrogen and oxygen atoms in total. The van der Waals surface area contributed by atoms with Crippen LogP contribution in [0.4, 0.5) is 4.39 Å². The summed E-state index contributed by atoms with van der Waals surface area (Å²) in [5, 5.41) is 1.62. The maximum Gasteiger partial charge on any atom is 0.295 e. The predicted octanol–water partition coefficient (Wildman–Crippen LogP) is 3.20. The highest BCUT2D eigenvalue weighted by Gasteiger charge is 2.30. The molecule has 1 aliphatic rings. The van der Waals surface area contributed by atoms with Crippen LogP contribution in [0.5, 0.6) is 5.88 Å². The number of carbonyl (C=O) groups is 3. The second kappa shape index (κ2) is 9.84. The topological polar surface area (TPSA) is 92.7 Å². The largest absolute Gasteiger partial charge is 0.479 e. The second-order valence-electron chi connectivity index (χ2n) is 8.48. The molecule has 1 aromatic carbocycles. The number of fused-ring (bicyclic) bond motifs is 1. The third-order valence-corrected chi connectivity index (χ3v) is 6.89. The van der Waals surface area contributed by atoms with E-state index < -0.39 is 11.7 Å². The molecule has 4 rings (SSSR count). The molecule has 3 aromatic rings. The number of piperidine rings is 1. The first-order valence-corrected chi connectivity index (χ1v) is 11.8. The van der Waals surface area contributed by atoms with Crippen molar-refractivity contribution in [1.82, 2.24) is 19.8 Å². The minimum Gasteiger partial charge on any atom is -0.479 e. The second-order valence-corrected chi connectivity index (χ2v) is 9.35. The number of hydrogen-bond acceptors (Lipinski definition) is 7. The fourth-order valence-corrected chi connectivity index (χ4v) is 4.89. The summed E-state index contributed by atoms with van der Waals surface area (Å²) < 4.78 is 18.5. The zero-order chi connectivity index (χ0) is 24.4. The highest BCUT2D eigenvalue weighted by atomic mass is 32.1. The van der Waals surface area contributed by atoms with Crippen LogP contribution in [0.25, 0.3) is 11.0 Å². The smallest absolute Gasteiger partial charge is 0.295 e. The van der Waals surface area contributed by atoms with Gasteiger partial charge in [-0.2, -0.15) is 0 Å². The van der Waals surface area contributed by atoms with E-state index in [4.69, 9.17) is 4.74 Å². The number of amides is 2. The average molecular weight is 485 g/mol. The van der Waals surface area contributed by atoms with Gasteiger partial charge in [0.05, 0.1) is 7.11 Å². The van der Waals surface area contributed by atoms with Crippen LogP contribution in [0.2, 0.25) is 0 Å². The summed E-state index contributed by atoms with van der Waals surface area (Å²) in [5.41, 5.74) is 1.72. The third-order valence-electron chi connectivity index (χ3n) is 5.94. The van der Waals surface area contributed by atoms with Gasteiger partial charge in [-0.1, -0.05) is 12.1 Å². The van der Waals surface area contributed by atoms with Crippen molar-refractivity contribution in [2.45, 2.75) is 19.3 Å². The number of ether oxygens (including phenoxy) is 1. The molecular weight excluding hydrogens is 459 g/mol. The predicted molar refractivity (Wildman–Crippen MR) is 126 cm³/mol. The van der Waals surface area contributed by atoms with E-state index >= 15 is 0 Å². The first kappa shape index (κ1) is 23.7. The Hall–Kier alpha value is -3.40. The van der Waals surface area contributed by atoms with Crippen LogP contribution in [-0.4, -0.2) is 71.7 Å². The van der Waals surface area contributed by atoms with E-state index in [0.29, 0.717) is 24.5 Å². The van der Waals surface area contributed by atoms with Crippen LogP contribution in [0.15, 0.2) is 29.6 Å². The van der Waals surface area contributed by atoms with Crippen molar-refractivity contribution in [3.8, 4) is 5.88 Å². The number of rotatable bonds is 6. The molecule has 0 atom stereocenters. The third kappa shape index (κ3) is 4.77. The summed E-state index contributed by atoms with van der Waals surface area (Å²) in [7, 11) is 4.41. The lowest BCUT2D eigenvalue weighted by atomic mass is 9.90. The van der Waals surface area contributed by atoms with Crippen molar-refractivity contribution in [1.29, 1.82) is 0 Å². The SMILES string of the molecule is COc1nc2csc(C(=O)C(=O)N(C)C)c2nc1C(=O)N1CCC(Cc2ccc(F)cc2)CC1. The van der Waals surface area contributed by atoms with Gasteiger partial charge in [0.15, 0.2) is 5.69 Å². The summed E-state index contributed by atoms with van der Waals surface area (Å²) in [4.78, 5) is 50.0. The Morgan fingerprint density at radius 3 is 2.44 bits per heavy atom. The molecule has 0 N–H and O–H groups in total. The molecule has 0 radical (unpaired) electrons. The van der Waals surface area contributed by atoms with Gasteiger partial charge in [-0.05, 0) is 42.9 Å². The molecule has 0 unspecified atom stereocenters. The van der Waals surface area contributed by atoms with Crippen LogP contribution in [0.3, 0.4) is 0 Å². The van der Waals surface area contributed by atoms with Crippen molar-refractivity contribution < 1.29 is 23.5 Å². The number of thiophene rings is 1. The number of likely N-dealkylation sites (tertiary alicyclic amines) is 1. The number of benzene rings is 1. The van der Waals surface area contributed by atoms with E-state index in [1.807, 2.05) is 0 Å². The van der Waals surface area contributed by atoms with E-state index in [1.165, 1.54) is 38.2 Å². The van der Waals surface area contributed by atoms with Crippen molar-refractivity contribution in [2.24, 2.45) is 5.92 Å². The van der Waals surface area contributed by atoms with Crippen molar-refractivity contribution in [3.05, 3.63) is 51.6 Å². The van der Waals surface area contributed by atoms with Gasteiger partial charge in [-0.3, -0.25) is 14.4 Å². The molecule has 0 spiro atoms. The van der Waals surface area contributed by atoms with Crippen LogP contribution in [-0.2, 0) is 11.2 Å². The number of aromatic nitrogens is 2. The molecule has 1 aliphatic heterocycles. The number of carbonyl (C=O) groups excluding carboxylic acids is 3. The van der Waals surface area contributed by atoms with E-state index in [2.05, 4.69) is 9.97 Å². The van der Waals surface area contributed by atoms with E-state index in [-0.39, 0.29) is 33.7 Å². The molecule has 34 heavy (non-hydrogen) atoms. The summed E-state index contributed by atoms with van der Waals surface area (Å²) in [6.07, 6.45) is 2.44. The maximum absolute atomic E-state index is 13.3. The molecule has 0 aliphatic carbocycles. The van der Waals surface area contributed by atoms with Gasteiger partial charge in [0, 0.05) is 32.6 Å². The van der Waals surface area contributed by atoms with Gasteiger partial charge >= 0.3 is 0 Å². The standard InChI is InChI=1S/C24H25FN4O4S/c1-28(2)24(32)20(30)21-18-17(13-34-21)26-22(33-3)19(27-18)23(31)29-10-8-15(9-11-29)12-14-4-6-16(25)7-5-14/h4-7,13,15H,8-12H2,1-3H3. The van der Waals surface area contributed by atoms with Crippen LogP contribution >= 0.6 is 11.3 Å². The van der Waals surface area contributed by atoms with E-state index in [9.17, 15) is 18.8 Å². The highest BCUT2D eigenvalue weighted by molar-refractivity contribution is 7.14. The maximum atomic E-state index is 13.3.